The second-order valence-corrected chi connectivity index (χ2v) is 5.79. The van der Waals surface area contributed by atoms with Gasteiger partial charge in [-0.05, 0) is 44.5 Å². The lowest BCUT2D eigenvalue weighted by Crippen LogP contribution is -2.21. The van der Waals surface area contributed by atoms with Crippen LogP contribution in [0.2, 0.25) is 5.02 Å². The Labute approximate surface area is 130 Å². The van der Waals surface area contributed by atoms with Gasteiger partial charge in [-0.1, -0.05) is 27.5 Å². The highest BCUT2D eigenvalue weighted by atomic mass is 79.9. The van der Waals surface area contributed by atoms with Gasteiger partial charge in [0.2, 0.25) is 0 Å². The first-order chi connectivity index (χ1) is 9.40. The zero-order valence-electron chi connectivity index (χ0n) is 11.4. The monoisotopic (exact) mass is 356 g/mol. The number of aryl methyl sites for hydroxylation is 1. The third-order valence-electron chi connectivity index (χ3n) is 3.13. The Bertz CT molecular complexity index is 667. The Hall–Kier alpha value is -1.33. The average Bonchev–Trinajstić information content (AvgIpc) is 2.65. The third kappa shape index (κ3) is 3.04. The van der Waals surface area contributed by atoms with Crippen LogP contribution < -0.4 is 4.74 Å². The standard InChI is InChI=1S/C14H14BrClN2O2/c1-8-9(2)17-18(10(8)3)14(19)7-20-13-5-4-11(15)6-12(13)16/h4-6H,7H2,1-3H3. The van der Waals surface area contributed by atoms with Crippen molar-refractivity contribution in [3.05, 3.63) is 44.6 Å². The van der Waals surface area contributed by atoms with E-state index in [-0.39, 0.29) is 12.5 Å². The summed E-state index contributed by atoms with van der Waals surface area (Å²) in [5, 5.41) is 4.66. The molecule has 106 valence electrons. The van der Waals surface area contributed by atoms with Crippen molar-refractivity contribution in [3.63, 3.8) is 0 Å². The summed E-state index contributed by atoms with van der Waals surface area (Å²) in [5.74, 6) is 0.249. The van der Waals surface area contributed by atoms with E-state index in [4.69, 9.17) is 16.3 Å². The van der Waals surface area contributed by atoms with E-state index in [1.807, 2.05) is 20.8 Å². The molecule has 0 saturated carbocycles. The molecule has 0 aliphatic rings. The molecular formula is C14H14BrClN2O2. The summed E-state index contributed by atoms with van der Waals surface area (Å²) < 4.78 is 7.68. The van der Waals surface area contributed by atoms with Crippen molar-refractivity contribution >= 4 is 33.4 Å². The van der Waals surface area contributed by atoms with E-state index in [2.05, 4.69) is 21.0 Å². The molecule has 0 radical (unpaired) electrons. The Morgan fingerprint density at radius 1 is 1.40 bits per heavy atom. The molecule has 0 spiro atoms. The molecular weight excluding hydrogens is 344 g/mol. The molecule has 6 heteroatoms. The number of benzene rings is 1. The van der Waals surface area contributed by atoms with Crippen molar-refractivity contribution in [3.8, 4) is 5.75 Å². The van der Waals surface area contributed by atoms with Gasteiger partial charge in [-0.2, -0.15) is 5.10 Å². The highest BCUT2D eigenvalue weighted by Gasteiger charge is 2.15. The molecule has 0 N–H and O–H groups in total. The molecule has 0 unspecified atom stereocenters. The smallest absolute Gasteiger partial charge is 0.284 e. The van der Waals surface area contributed by atoms with E-state index < -0.39 is 0 Å². The van der Waals surface area contributed by atoms with Gasteiger partial charge in [0.1, 0.15) is 5.75 Å². The first kappa shape index (κ1) is 15.1. The maximum absolute atomic E-state index is 12.1. The topological polar surface area (TPSA) is 44.1 Å². The fourth-order valence-electron chi connectivity index (χ4n) is 1.76. The van der Waals surface area contributed by atoms with E-state index in [1.54, 1.807) is 18.2 Å². The molecule has 0 aliphatic carbocycles. The van der Waals surface area contributed by atoms with E-state index >= 15 is 0 Å². The minimum Gasteiger partial charge on any atom is -0.482 e. The van der Waals surface area contributed by atoms with Crippen LogP contribution in [-0.4, -0.2) is 22.3 Å². The minimum atomic E-state index is -0.224. The first-order valence-electron chi connectivity index (χ1n) is 6.04. The van der Waals surface area contributed by atoms with Gasteiger partial charge in [0, 0.05) is 10.2 Å². The molecule has 1 heterocycles. The lowest BCUT2D eigenvalue weighted by atomic mass is 10.2. The second kappa shape index (κ2) is 5.97. The van der Waals surface area contributed by atoms with Crippen LogP contribution in [-0.2, 0) is 0 Å². The molecule has 2 rings (SSSR count). The lowest BCUT2D eigenvalue weighted by Gasteiger charge is -2.08. The van der Waals surface area contributed by atoms with E-state index in [0.717, 1.165) is 21.4 Å². The van der Waals surface area contributed by atoms with E-state index in [1.165, 1.54) is 4.68 Å². The minimum absolute atomic E-state index is 0.108. The number of aromatic nitrogens is 2. The van der Waals surface area contributed by atoms with Crippen molar-refractivity contribution in [2.45, 2.75) is 20.8 Å². The fourth-order valence-corrected chi connectivity index (χ4v) is 2.48. The summed E-state index contributed by atoms with van der Waals surface area (Å²) in [7, 11) is 0. The van der Waals surface area contributed by atoms with Crippen LogP contribution in [0.5, 0.6) is 5.75 Å². The predicted molar refractivity (Wildman–Crippen MR) is 81.7 cm³/mol. The third-order valence-corrected chi connectivity index (χ3v) is 3.92. The predicted octanol–water partition coefficient (Wildman–Crippen LogP) is 3.94. The molecule has 1 aromatic carbocycles. The van der Waals surface area contributed by atoms with Crippen molar-refractivity contribution in [1.82, 2.24) is 9.78 Å². The van der Waals surface area contributed by atoms with Crippen LogP contribution in [0.15, 0.2) is 22.7 Å². The molecule has 0 atom stereocenters. The Morgan fingerprint density at radius 2 is 2.10 bits per heavy atom. The Kier molecular flexibility index (Phi) is 4.50. The number of ether oxygens (including phenoxy) is 1. The Balaban J connectivity index is 2.10. The lowest BCUT2D eigenvalue weighted by molar-refractivity contribution is 0.0818. The molecule has 0 fully saturated rings. The largest absolute Gasteiger partial charge is 0.482 e. The normalized spacial score (nSPS) is 10.7. The summed E-state index contributed by atoms with van der Waals surface area (Å²) in [4.78, 5) is 12.1. The molecule has 0 bridgehead atoms. The first-order valence-corrected chi connectivity index (χ1v) is 7.21. The average molecular weight is 358 g/mol. The van der Waals surface area contributed by atoms with Crippen molar-refractivity contribution in [1.29, 1.82) is 0 Å². The summed E-state index contributed by atoms with van der Waals surface area (Å²) in [6, 6.07) is 5.24. The molecule has 1 aromatic heterocycles. The van der Waals surface area contributed by atoms with E-state index in [0.29, 0.717) is 10.8 Å². The molecule has 0 aliphatic heterocycles. The van der Waals surface area contributed by atoms with Gasteiger partial charge in [0.05, 0.1) is 10.7 Å². The highest BCUT2D eigenvalue weighted by molar-refractivity contribution is 9.10. The fraction of sp³-hybridized carbons (Fsp3) is 0.286. The number of nitrogens with zero attached hydrogens (tertiary/aromatic N) is 2. The number of halogens is 2. The Morgan fingerprint density at radius 3 is 2.65 bits per heavy atom. The summed E-state index contributed by atoms with van der Waals surface area (Å²) in [6.07, 6.45) is 0. The summed E-state index contributed by atoms with van der Waals surface area (Å²) in [6.45, 7) is 5.56. The van der Waals surface area contributed by atoms with Crippen LogP contribution in [0.25, 0.3) is 0 Å². The van der Waals surface area contributed by atoms with Crippen molar-refractivity contribution < 1.29 is 9.53 Å². The van der Waals surface area contributed by atoms with Crippen molar-refractivity contribution in [2.24, 2.45) is 0 Å². The zero-order valence-corrected chi connectivity index (χ0v) is 13.7. The van der Waals surface area contributed by atoms with Gasteiger partial charge in [-0.25, -0.2) is 4.68 Å². The quantitative estimate of drug-likeness (QED) is 0.835. The molecule has 2 aromatic rings. The van der Waals surface area contributed by atoms with Crippen LogP contribution in [0.3, 0.4) is 0 Å². The SMILES string of the molecule is Cc1nn(C(=O)COc2ccc(Br)cc2Cl)c(C)c1C. The summed E-state index contributed by atoms with van der Waals surface area (Å²) >= 11 is 9.34. The van der Waals surface area contributed by atoms with Gasteiger partial charge in [-0.3, -0.25) is 4.79 Å². The zero-order chi connectivity index (χ0) is 14.9. The van der Waals surface area contributed by atoms with Crippen LogP contribution in [0.4, 0.5) is 0 Å². The second-order valence-electron chi connectivity index (χ2n) is 4.46. The molecule has 4 nitrogen and oxygen atoms in total. The van der Waals surface area contributed by atoms with E-state index in [9.17, 15) is 4.79 Å². The highest BCUT2D eigenvalue weighted by Crippen LogP contribution is 2.27. The van der Waals surface area contributed by atoms with Crippen LogP contribution >= 0.6 is 27.5 Å². The number of carbonyl (C=O) groups is 1. The molecule has 0 saturated heterocycles. The molecule has 0 amide bonds. The van der Waals surface area contributed by atoms with Gasteiger partial charge >= 0.3 is 0 Å². The van der Waals surface area contributed by atoms with Gasteiger partial charge in [0.25, 0.3) is 5.91 Å². The summed E-state index contributed by atoms with van der Waals surface area (Å²) in [5.41, 5.74) is 2.69. The van der Waals surface area contributed by atoms with Crippen LogP contribution in [0, 0.1) is 20.8 Å². The maximum Gasteiger partial charge on any atom is 0.284 e. The van der Waals surface area contributed by atoms with Gasteiger partial charge in [-0.15, -0.1) is 0 Å². The van der Waals surface area contributed by atoms with Crippen molar-refractivity contribution in [2.75, 3.05) is 6.61 Å². The van der Waals surface area contributed by atoms with Gasteiger partial charge < -0.3 is 4.74 Å². The number of rotatable bonds is 3. The molecule has 20 heavy (non-hydrogen) atoms. The number of carbonyl (C=O) groups excluding carboxylic acids is 1. The van der Waals surface area contributed by atoms with Gasteiger partial charge in [0.15, 0.2) is 6.61 Å². The number of hydrogen-bond acceptors (Lipinski definition) is 3. The number of hydrogen-bond donors (Lipinski definition) is 0. The van der Waals surface area contributed by atoms with Crippen LogP contribution in [0.1, 0.15) is 21.7 Å². The maximum atomic E-state index is 12.1.